The zero-order valence-corrected chi connectivity index (χ0v) is 18.6. The van der Waals surface area contributed by atoms with E-state index < -0.39 is 0 Å². The van der Waals surface area contributed by atoms with Gasteiger partial charge in [0.1, 0.15) is 5.75 Å². The Balaban J connectivity index is 1.82. The van der Waals surface area contributed by atoms with Gasteiger partial charge < -0.3 is 4.74 Å². The lowest BCUT2D eigenvalue weighted by Gasteiger charge is -2.20. The topological polar surface area (TPSA) is 46.6 Å². The van der Waals surface area contributed by atoms with Crippen molar-refractivity contribution in [1.82, 2.24) is 0 Å². The molecule has 1 heterocycles. The summed E-state index contributed by atoms with van der Waals surface area (Å²) in [7, 11) is 0. The minimum atomic E-state index is -0.384. The van der Waals surface area contributed by atoms with Crippen LogP contribution in [0.3, 0.4) is 0 Å². The largest absolute Gasteiger partial charge is 0.489 e. The first-order valence-corrected chi connectivity index (χ1v) is 11.0. The number of anilines is 1. The Morgan fingerprint density at radius 2 is 1.48 bits per heavy atom. The van der Waals surface area contributed by atoms with Crippen LogP contribution in [0.25, 0.3) is 5.57 Å². The van der Waals surface area contributed by atoms with Crippen LogP contribution in [0.5, 0.6) is 5.75 Å². The Labute approximate surface area is 190 Å². The van der Waals surface area contributed by atoms with Crippen molar-refractivity contribution >= 4 is 46.4 Å². The average molecular weight is 450 g/mol. The first-order chi connectivity index (χ1) is 15.0. The highest BCUT2D eigenvalue weighted by Gasteiger charge is 2.41. The predicted octanol–water partition coefficient (Wildman–Crippen LogP) is 6.20. The molecule has 6 heteroatoms. The molecular formula is C25H20ClNO3S. The van der Waals surface area contributed by atoms with Crippen LogP contribution < -0.4 is 9.64 Å². The molecule has 0 spiro atoms. The van der Waals surface area contributed by atoms with Gasteiger partial charge in [-0.3, -0.25) is 9.59 Å². The second kappa shape index (κ2) is 9.00. The van der Waals surface area contributed by atoms with E-state index in [9.17, 15) is 9.59 Å². The minimum absolute atomic E-state index is 0.101. The smallest absolute Gasteiger partial charge is 0.273 e. The number of ether oxygens (including phenoxy) is 1. The molecule has 0 bridgehead atoms. The zero-order chi connectivity index (χ0) is 22.0. The molecule has 0 N–H and O–H groups in total. The Morgan fingerprint density at radius 1 is 0.839 bits per heavy atom. The van der Waals surface area contributed by atoms with E-state index in [1.165, 1.54) is 16.7 Å². The number of hydrogen-bond donors (Lipinski definition) is 0. The van der Waals surface area contributed by atoms with Crippen LogP contribution in [-0.4, -0.2) is 17.9 Å². The molecule has 0 saturated carbocycles. The van der Waals surface area contributed by atoms with E-state index in [0.717, 1.165) is 4.90 Å². The molecule has 31 heavy (non-hydrogen) atoms. The van der Waals surface area contributed by atoms with Gasteiger partial charge >= 0.3 is 0 Å². The normalized spacial score (nSPS) is 14.0. The number of carbonyl (C=O) groups is 2. The number of carbonyl (C=O) groups excluding carboxylic acids is 2. The third-order valence-corrected chi connectivity index (χ3v) is 5.95. The van der Waals surface area contributed by atoms with Gasteiger partial charge in [-0.2, -0.15) is 0 Å². The molecule has 1 aliphatic rings. The summed E-state index contributed by atoms with van der Waals surface area (Å²) in [5.74, 6) is -0.269. The maximum atomic E-state index is 13.6. The molecule has 156 valence electrons. The fourth-order valence-corrected chi connectivity index (χ4v) is 4.44. The quantitative estimate of drug-likeness (QED) is 0.420. The lowest BCUT2D eigenvalue weighted by atomic mass is 10.1. The van der Waals surface area contributed by atoms with E-state index in [-0.39, 0.29) is 17.9 Å². The first kappa shape index (κ1) is 21.2. The summed E-state index contributed by atoms with van der Waals surface area (Å²) in [4.78, 5) is 29.6. The molecular weight excluding hydrogens is 430 g/mol. The van der Waals surface area contributed by atoms with Crippen molar-refractivity contribution in [3.8, 4) is 5.75 Å². The van der Waals surface area contributed by atoms with E-state index in [0.29, 0.717) is 32.5 Å². The van der Waals surface area contributed by atoms with Crippen molar-refractivity contribution in [2.45, 2.75) is 24.8 Å². The Kier molecular flexibility index (Phi) is 6.16. The molecule has 4 nitrogen and oxygen atoms in total. The van der Waals surface area contributed by atoms with Crippen molar-refractivity contribution in [2.75, 3.05) is 4.90 Å². The van der Waals surface area contributed by atoms with E-state index in [1.54, 1.807) is 42.5 Å². The van der Waals surface area contributed by atoms with Gasteiger partial charge in [0.05, 0.1) is 22.3 Å². The number of imide groups is 1. The molecule has 0 unspecified atom stereocenters. The second-order valence-electron chi connectivity index (χ2n) is 7.21. The van der Waals surface area contributed by atoms with Gasteiger partial charge in [0.25, 0.3) is 11.8 Å². The monoisotopic (exact) mass is 449 g/mol. The third kappa shape index (κ3) is 4.38. The molecule has 0 saturated heterocycles. The highest BCUT2D eigenvalue weighted by Crippen LogP contribution is 2.43. The molecule has 1 aliphatic heterocycles. The molecule has 0 atom stereocenters. The van der Waals surface area contributed by atoms with Gasteiger partial charge in [0, 0.05) is 9.92 Å². The maximum Gasteiger partial charge on any atom is 0.273 e. The summed E-state index contributed by atoms with van der Waals surface area (Å²) in [5, 5.41) is 0.561. The fraction of sp³-hybridized carbons (Fsp3) is 0.120. The lowest BCUT2D eigenvalue weighted by molar-refractivity contribution is -0.119. The number of hydrogen-bond acceptors (Lipinski definition) is 4. The highest BCUT2D eigenvalue weighted by molar-refractivity contribution is 8.04. The molecule has 4 rings (SSSR count). The van der Waals surface area contributed by atoms with Crippen LogP contribution in [0.1, 0.15) is 19.4 Å². The number of para-hydroxylation sites is 2. The standard InChI is InChI=1S/C25H20ClNO3S/c1-16(2)30-21-11-7-6-10-20(21)27-24(28)22(17-12-14-18(26)15-13-17)23(25(27)29)31-19-8-4-3-5-9-19/h3-16H,1-2H3. The zero-order valence-electron chi connectivity index (χ0n) is 17.0. The lowest BCUT2D eigenvalue weighted by Crippen LogP contribution is -2.32. The highest BCUT2D eigenvalue weighted by atomic mass is 35.5. The summed E-state index contributed by atoms with van der Waals surface area (Å²) in [6.45, 7) is 3.80. The van der Waals surface area contributed by atoms with Crippen molar-refractivity contribution in [3.63, 3.8) is 0 Å². The number of halogens is 1. The van der Waals surface area contributed by atoms with Crippen LogP contribution in [0.2, 0.25) is 5.02 Å². The van der Waals surface area contributed by atoms with Gasteiger partial charge in [-0.25, -0.2) is 4.90 Å². The van der Waals surface area contributed by atoms with Gasteiger partial charge in [-0.05, 0) is 55.8 Å². The van der Waals surface area contributed by atoms with Crippen LogP contribution in [0.15, 0.2) is 88.7 Å². The van der Waals surface area contributed by atoms with E-state index in [4.69, 9.17) is 16.3 Å². The molecule has 2 amide bonds. The number of amides is 2. The molecule has 3 aromatic carbocycles. The SMILES string of the molecule is CC(C)Oc1ccccc1N1C(=O)C(Sc2ccccc2)=C(c2ccc(Cl)cc2)C1=O. The average Bonchev–Trinajstić information content (AvgIpc) is 2.99. The molecule has 0 aromatic heterocycles. The number of rotatable bonds is 6. The number of benzene rings is 3. The Morgan fingerprint density at radius 3 is 2.16 bits per heavy atom. The maximum absolute atomic E-state index is 13.6. The summed E-state index contributed by atoms with van der Waals surface area (Å²) < 4.78 is 5.88. The number of thioether (sulfide) groups is 1. The van der Waals surface area contributed by atoms with E-state index in [1.807, 2.05) is 50.2 Å². The number of nitrogens with zero attached hydrogens (tertiary/aromatic N) is 1. The molecule has 3 aromatic rings. The second-order valence-corrected chi connectivity index (χ2v) is 8.73. The van der Waals surface area contributed by atoms with Crippen molar-refractivity contribution < 1.29 is 14.3 Å². The van der Waals surface area contributed by atoms with Gasteiger partial charge in [0.2, 0.25) is 0 Å². The Hall–Kier alpha value is -3.02. The van der Waals surface area contributed by atoms with Gasteiger partial charge in [0.15, 0.2) is 0 Å². The predicted molar refractivity (Wildman–Crippen MR) is 125 cm³/mol. The summed E-state index contributed by atoms with van der Waals surface area (Å²) in [5.41, 5.74) is 1.43. The van der Waals surface area contributed by atoms with Crippen LogP contribution in [-0.2, 0) is 9.59 Å². The van der Waals surface area contributed by atoms with Crippen LogP contribution in [0, 0.1) is 0 Å². The van der Waals surface area contributed by atoms with Crippen molar-refractivity contribution in [1.29, 1.82) is 0 Å². The van der Waals surface area contributed by atoms with E-state index in [2.05, 4.69) is 0 Å². The van der Waals surface area contributed by atoms with Crippen LogP contribution >= 0.6 is 23.4 Å². The summed E-state index contributed by atoms with van der Waals surface area (Å²) >= 11 is 7.33. The van der Waals surface area contributed by atoms with Crippen LogP contribution in [0.4, 0.5) is 5.69 Å². The van der Waals surface area contributed by atoms with Crippen molar-refractivity contribution in [3.05, 3.63) is 94.4 Å². The summed E-state index contributed by atoms with van der Waals surface area (Å²) in [6, 6.07) is 23.6. The van der Waals surface area contributed by atoms with Gasteiger partial charge in [-0.1, -0.05) is 65.8 Å². The fourth-order valence-electron chi connectivity index (χ4n) is 3.30. The summed E-state index contributed by atoms with van der Waals surface area (Å²) in [6.07, 6.45) is -0.101. The van der Waals surface area contributed by atoms with Gasteiger partial charge in [-0.15, -0.1) is 0 Å². The van der Waals surface area contributed by atoms with Crippen molar-refractivity contribution in [2.24, 2.45) is 0 Å². The Bertz CT molecular complexity index is 1160. The minimum Gasteiger partial charge on any atom is -0.489 e. The first-order valence-electron chi connectivity index (χ1n) is 9.83. The molecule has 0 radical (unpaired) electrons. The molecule has 0 aliphatic carbocycles. The molecule has 0 fully saturated rings. The third-order valence-electron chi connectivity index (χ3n) is 4.61. The van der Waals surface area contributed by atoms with E-state index >= 15 is 0 Å².